The number of β-amino-alcohol motifs (C(OH)–C–C–N with tert-alkyl or cyclic N) is 1. The lowest BCUT2D eigenvalue weighted by molar-refractivity contribution is -0.0793. The van der Waals surface area contributed by atoms with Crippen LogP contribution in [0.3, 0.4) is 0 Å². The predicted octanol–water partition coefficient (Wildman–Crippen LogP) is 2.14. The molecule has 1 N–H and O–H groups in total. The van der Waals surface area contributed by atoms with E-state index in [1.165, 1.54) is 4.90 Å². The Morgan fingerprint density at radius 3 is 2.45 bits per heavy atom. The average molecular weight is 453 g/mol. The number of aliphatic hydroxyl groups excluding tert-OH is 1. The number of sulfonamides is 1. The molecule has 0 aromatic heterocycles. The molecular formula is C22H32N2O6S. The van der Waals surface area contributed by atoms with Gasteiger partial charge in [-0.3, -0.25) is 0 Å². The SMILES string of the molecule is Cc1ccc(S(=O)(=O)N2[C@H](C(C)C)COC[C@@H]2C2(OC(=O)N3CC[C@H](O)C3)CC2)cc1. The number of morpholine rings is 1. The number of ether oxygens (including phenoxy) is 2. The third-order valence-electron chi connectivity index (χ3n) is 6.63. The zero-order valence-electron chi connectivity index (χ0n) is 18.4. The van der Waals surface area contributed by atoms with Crippen molar-refractivity contribution in [3.05, 3.63) is 29.8 Å². The van der Waals surface area contributed by atoms with Crippen LogP contribution in [-0.2, 0) is 19.5 Å². The number of carbonyl (C=O) groups is 1. The lowest BCUT2D eigenvalue weighted by Gasteiger charge is -2.45. The highest BCUT2D eigenvalue weighted by molar-refractivity contribution is 7.89. The second-order valence-corrected chi connectivity index (χ2v) is 11.2. The van der Waals surface area contributed by atoms with Crippen LogP contribution in [0.15, 0.2) is 29.2 Å². The quantitative estimate of drug-likeness (QED) is 0.735. The molecule has 2 saturated heterocycles. The van der Waals surface area contributed by atoms with Gasteiger partial charge < -0.3 is 19.5 Å². The first kappa shape index (κ1) is 22.5. The summed E-state index contributed by atoms with van der Waals surface area (Å²) in [6.07, 6.45) is 0.678. The standard InChI is InChI=1S/C22H32N2O6S/c1-15(2)19-13-29-14-20(24(19)31(27,28)18-6-4-16(3)5-7-18)22(9-10-22)30-21(26)23-11-8-17(25)12-23/h4-7,15,17,19-20,25H,8-14H2,1-3H3/t17-,19-,20+/m0/s1. The average Bonchev–Trinajstić information content (AvgIpc) is 3.38. The number of likely N-dealkylation sites (tertiary alicyclic amines) is 1. The van der Waals surface area contributed by atoms with E-state index in [1.54, 1.807) is 28.6 Å². The third kappa shape index (κ3) is 4.33. The Bertz CT molecular complexity index is 912. The van der Waals surface area contributed by atoms with Crippen LogP contribution in [0, 0.1) is 12.8 Å². The molecule has 2 heterocycles. The zero-order chi connectivity index (χ0) is 22.4. The number of amides is 1. The van der Waals surface area contributed by atoms with Gasteiger partial charge in [0.1, 0.15) is 5.60 Å². The van der Waals surface area contributed by atoms with Crippen LogP contribution in [0.2, 0.25) is 0 Å². The van der Waals surface area contributed by atoms with Crippen molar-refractivity contribution in [2.24, 2.45) is 5.92 Å². The number of rotatable bonds is 5. The molecular weight excluding hydrogens is 420 g/mol. The van der Waals surface area contributed by atoms with Crippen molar-refractivity contribution in [2.45, 2.75) is 68.7 Å². The molecule has 4 rings (SSSR count). The summed E-state index contributed by atoms with van der Waals surface area (Å²) in [6.45, 7) is 7.05. The van der Waals surface area contributed by atoms with Gasteiger partial charge in [0.15, 0.2) is 0 Å². The molecule has 3 atom stereocenters. The first-order valence-corrected chi connectivity index (χ1v) is 12.4. The molecule has 1 aliphatic carbocycles. The Labute approximate surface area is 184 Å². The maximum atomic E-state index is 13.8. The monoisotopic (exact) mass is 452 g/mol. The van der Waals surface area contributed by atoms with Crippen molar-refractivity contribution >= 4 is 16.1 Å². The van der Waals surface area contributed by atoms with Gasteiger partial charge in [-0.15, -0.1) is 0 Å². The lowest BCUT2D eigenvalue weighted by atomic mass is 9.99. The molecule has 2 aliphatic heterocycles. The van der Waals surface area contributed by atoms with Crippen molar-refractivity contribution in [3.8, 4) is 0 Å². The summed E-state index contributed by atoms with van der Waals surface area (Å²) >= 11 is 0. The smallest absolute Gasteiger partial charge is 0.410 e. The molecule has 0 spiro atoms. The van der Waals surface area contributed by atoms with E-state index in [9.17, 15) is 18.3 Å². The van der Waals surface area contributed by atoms with Crippen LogP contribution in [0.5, 0.6) is 0 Å². The second-order valence-electron chi connectivity index (χ2n) is 9.33. The number of benzene rings is 1. The predicted molar refractivity (Wildman–Crippen MR) is 114 cm³/mol. The van der Waals surface area contributed by atoms with Gasteiger partial charge >= 0.3 is 6.09 Å². The highest BCUT2D eigenvalue weighted by Gasteiger charge is 2.60. The lowest BCUT2D eigenvalue weighted by Crippen LogP contribution is -2.62. The van der Waals surface area contributed by atoms with E-state index >= 15 is 0 Å². The van der Waals surface area contributed by atoms with Crippen LogP contribution in [0.4, 0.5) is 4.79 Å². The number of aryl methyl sites for hydroxylation is 1. The number of carbonyl (C=O) groups excluding carboxylic acids is 1. The van der Waals surface area contributed by atoms with Gasteiger partial charge in [0.25, 0.3) is 0 Å². The second kappa shape index (κ2) is 8.35. The van der Waals surface area contributed by atoms with E-state index in [2.05, 4.69) is 0 Å². The molecule has 1 aromatic rings. The maximum absolute atomic E-state index is 13.8. The molecule has 172 valence electrons. The summed E-state index contributed by atoms with van der Waals surface area (Å²) < 4.78 is 40.8. The fourth-order valence-corrected chi connectivity index (χ4v) is 6.47. The van der Waals surface area contributed by atoms with Crippen LogP contribution in [0.25, 0.3) is 0 Å². The number of hydrogen-bond acceptors (Lipinski definition) is 6. The summed E-state index contributed by atoms with van der Waals surface area (Å²) in [5, 5.41) is 9.74. The normalized spacial score (nSPS) is 28.7. The molecule has 3 aliphatic rings. The summed E-state index contributed by atoms with van der Waals surface area (Å²) in [5.41, 5.74) is 0.0916. The molecule has 3 fully saturated rings. The van der Waals surface area contributed by atoms with E-state index in [4.69, 9.17) is 9.47 Å². The molecule has 1 amide bonds. The summed E-state index contributed by atoms with van der Waals surface area (Å²) in [5.74, 6) is 0.0308. The Morgan fingerprint density at radius 1 is 1.23 bits per heavy atom. The van der Waals surface area contributed by atoms with Gasteiger partial charge in [-0.25, -0.2) is 13.2 Å². The Balaban J connectivity index is 1.64. The third-order valence-corrected chi connectivity index (χ3v) is 8.57. The summed E-state index contributed by atoms with van der Waals surface area (Å²) in [4.78, 5) is 14.5. The van der Waals surface area contributed by atoms with Gasteiger partial charge in [-0.1, -0.05) is 31.5 Å². The van der Waals surface area contributed by atoms with E-state index in [0.29, 0.717) is 32.4 Å². The summed E-state index contributed by atoms with van der Waals surface area (Å²) in [6, 6.07) is 5.90. The maximum Gasteiger partial charge on any atom is 0.410 e. The van der Waals surface area contributed by atoms with Gasteiger partial charge in [-0.2, -0.15) is 4.31 Å². The highest BCUT2D eigenvalue weighted by atomic mass is 32.2. The first-order chi connectivity index (χ1) is 14.6. The molecule has 1 aromatic carbocycles. The molecule has 31 heavy (non-hydrogen) atoms. The van der Waals surface area contributed by atoms with E-state index in [0.717, 1.165) is 5.56 Å². The summed E-state index contributed by atoms with van der Waals surface area (Å²) in [7, 11) is -3.82. The van der Waals surface area contributed by atoms with E-state index in [1.807, 2.05) is 20.8 Å². The number of hydrogen-bond donors (Lipinski definition) is 1. The molecule has 0 bridgehead atoms. The minimum Gasteiger partial charge on any atom is -0.441 e. The zero-order valence-corrected chi connectivity index (χ0v) is 19.2. The number of nitrogens with zero attached hydrogens (tertiary/aromatic N) is 2. The fourth-order valence-electron chi connectivity index (χ4n) is 4.50. The van der Waals surface area contributed by atoms with Crippen LogP contribution in [-0.4, -0.2) is 78.9 Å². The van der Waals surface area contributed by atoms with E-state index < -0.39 is 33.9 Å². The Kier molecular flexibility index (Phi) is 6.06. The number of aliphatic hydroxyl groups is 1. The highest BCUT2D eigenvalue weighted by Crippen LogP contribution is 2.48. The van der Waals surface area contributed by atoms with Crippen molar-refractivity contribution in [3.63, 3.8) is 0 Å². The van der Waals surface area contributed by atoms with Crippen molar-refractivity contribution < 1.29 is 27.8 Å². The van der Waals surface area contributed by atoms with Crippen LogP contribution < -0.4 is 0 Å². The van der Waals surface area contributed by atoms with Gasteiger partial charge in [-0.05, 0) is 44.2 Å². The minimum atomic E-state index is -3.82. The largest absolute Gasteiger partial charge is 0.441 e. The fraction of sp³-hybridized carbons (Fsp3) is 0.682. The first-order valence-electron chi connectivity index (χ1n) is 11.0. The molecule has 8 nitrogen and oxygen atoms in total. The van der Waals surface area contributed by atoms with Gasteiger partial charge in [0, 0.05) is 13.1 Å². The van der Waals surface area contributed by atoms with Crippen molar-refractivity contribution in [1.29, 1.82) is 0 Å². The minimum absolute atomic E-state index is 0.0308. The molecule has 0 radical (unpaired) electrons. The topological polar surface area (TPSA) is 96.4 Å². The molecule has 0 unspecified atom stereocenters. The van der Waals surface area contributed by atoms with Crippen LogP contribution in [0.1, 0.15) is 38.7 Å². The Hall–Kier alpha value is -1.68. The molecule has 1 saturated carbocycles. The van der Waals surface area contributed by atoms with E-state index in [-0.39, 0.29) is 30.0 Å². The Morgan fingerprint density at radius 2 is 1.90 bits per heavy atom. The van der Waals surface area contributed by atoms with Crippen molar-refractivity contribution in [2.75, 3.05) is 26.3 Å². The van der Waals surface area contributed by atoms with Crippen molar-refractivity contribution in [1.82, 2.24) is 9.21 Å². The van der Waals surface area contributed by atoms with Gasteiger partial charge in [0.05, 0.1) is 36.3 Å². The molecule has 9 heteroatoms. The van der Waals surface area contributed by atoms with Crippen LogP contribution >= 0.6 is 0 Å². The van der Waals surface area contributed by atoms with Gasteiger partial charge in [0.2, 0.25) is 10.0 Å².